The minimum absolute atomic E-state index is 0.756. The first-order chi connectivity index (χ1) is 3.31. The number of allylic oxidation sites excluding steroid dienone is 1. The molecule has 0 saturated heterocycles. The van der Waals surface area contributed by atoms with Gasteiger partial charge >= 0.3 is 0 Å². The fraction of sp³-hybridized carbons (Fsp3) is 0.200. The molecular formula is C5H4Br2. The Labute approximate surface area is 60.2 Å². The zero-order valence-electron chi connectivity index (χ0n) is 3.67. The van der Waals surface area contributed by atoms with Gasteiger partial charge in [-0.25, -0.2) is 0 Å². The first kappa shape index (κ1) is 7.26. The molecule has 0 fully saturated rings. The summed E-state index contributed by atoms with van der Waals surface area (Å²) in [6, 6.07) is 0. The van der Waals surface area contributed by atoms with Crippen molar-refractivity contribution >= 4 is 31.9 Å². The Morgan fingerprint density at radius 2 is 2.29 bits per heavy atom. The molecule has 0 aliphatic heterocycles. The highest BCUT2D eigenvalue weighted by Gasteiger charge is 1.77. The smallest absolute Gasteiger partial charge is 0.0357 e. The molecule has 0 aromatic heterocycles. The summed E-state index contributed by atoms with van der Waals surface area (Å²) >= 11 is 6.14. The Kier molecular flexibility index (Phi) is 4.58. The van der Waals surface area contributed by atoms with E-state index in [0.29, 0.717) is 0 Å². The molecule has 0 atom stereocenters. The lowest BCUT2D eigenvalue weighted by molar-refractivity contribution is 1.68. The van der Waals surface area contributed by atoms with Crippen molar-refractivity contribution in [1.82, 2.24) is 0 Å². The van der Waals surface area contributed by atoms with Crippen LogP contribution in [0, 0.1) is 10.8 Å². The highest BCUT2D eigenvalue weighted by atomic mass is 79.9. The summed E-state index contributed by atoms with van der Waals surface area (Å²) in [6.07, 6.45) is 0. The van der Waals surface area contributed by atoms with Gasteiger partial charge in [0.2, 0.25) is 0 Å². The van der Waals surface area contributed by atoms with Crippen LogP contribution in [0.3, 0.4) is 0 Å². The summed E-state index contributed by atoms with van der Waals surface area (Å²) in [7, 11) is 0. The monoisotopic (exact) mass is 222 g/mol. The molecule has 0 nitrogen and oxygen atoms in total. The van der Waals surface area contributed by atoms with Gasteiger partial charge in [0.05, 0.1) is 0 Å². The summed E-state index contributed by atoms with van der Waals surface area (Å²) in [5.41, 5.74) is 0.886. The van der Waals surface area contributed by atoms with Crippen LogP contribution in [-0.2, 0) is 0 Å². The van der Waals surface area contributed by atoms with E-state index >= 15 is 0 Å². The van der Waals surface area contributed by atoms with Crippen LogP contribution in [0.5, 0.6) is 0 Å². The van der Waals surface area contributed by atoms with E-state index in [1.165, 1.54) is 0 Å². The zero-order valence-corrected chi connectivity index (χ0v) is 6.84. The third kappa shape index (κ3) is 4.11. The van der Waals surface area contributed by atoms with Crippen molar-refractivity contribution in [2.24, 2.45) is 0 Å². The van der Waals surface area contributed by atoms with Crippen molar-refractivity contribution < 1.29 is 0 Å². The van der Waals surface area contributed by atoms with Crippen molar-refractivity contribution in [2.45, 2.75) is 0 Å². The average Bonchev–Trinajstić information content (AvgIpc) is 1.68. The topological polar surface area (TPSA) is 0 Å². The first-order valence-corrected chi connectivity index (χ1v) is 3.58. The third-order valence-corrected chi connectivity index (χ3v) is 1.26. The summed E-state index contributed by atoms with van der Waals surface area (Å²) in [4.78, 5) is 2.55. The molecule has 0 aromatic rings. The molecule has 0 N–H and O–H groups in total. The van der Waals surface area contributed by atoms with Crippen molar-refractivity contribution in [2.75, 3.05) is 5.33 Å². The molecular weight excluding hydrogens is 220 g/mol. The Morgan fingerprint density at radius 3 is 2.43 bits per heavy atom. The van der Waals surface area contributed by atoms with Gasteiger partial charge in [0.15, 0.2) is 0 Å². The lowest BCUT2D eigenvalue weighted by atomic mass is 10.4. The van der Waals surface area contributed by atoms with Gasteiger partial charge < -0.3 is 0 Å². The highest BCUT2D eigenvalue weighted by molar-refractivity contribution is 9.12. The van der Waals surface area contributed by atoms with E-state index in [-0.39, 0.29) is 0 Å². The molecule has 0 saturated carbocycles. The van der Waals surface area contributed by atoms with Crippen molar-refractivity contribution in [3.63, 3.8) is 0 Å². The maximum atomic E-state index is 3.61. The molecule has 0 radical (unpaired) electrons. The maximum absolute atomic E-state index is 3.61. The van der Waals surface area contributed by atoms with Gasteiger partial charge in [-0.3, -0.25) is 0 Å². The van der Waals surface area contributed by atoms with Gasteiger partial charge in [0.1, 0.15) is 0 Å². The van der Waals surface area contributed by atoms with Gasteiger partial charge in [-0.15, -0.1) is 0 Å². The van der Waals surface area contributed by atoms with E-state index in [1.54, 1.807) is 0 Å². The molecule has 38 valence electrons. The van der Waals surface area contributed by atoms with Crippen LogP contribution >= 0.6 is 31.9 Å². The van der Waals surface area contributed by atoms with Crippen LogP contribution in [0.4, 0.5) is 0 Å². The second-order valence-electron chi connectivity index (χ2n) is 0.957. The van der Waals surface area contributed by atoms with Crippen LogP contribution in [0.1, 0.15) is 0 Å². The summed E-state index contributed by atoms with van der Waals surface area (Å²) in [6.45, 7) is 3.61. The standard InChI is InChI=1S/C5H4Br2/c1-5(4-7)2-3-6/h1,4H2. The Balaban J connectivity index is 3.52. The van der Waals surface area contributed by atoms with Gasteiger partial charge in [0.25, 0.3) is 0 Å². The molecule has 0 aliphatic carbocycles. The molecule has 2 heteroatoms. The molecule has 0 spiro atoms. The van der Waals surface area contributed by atoms with Crippen molar-refractivity contribution in [3.05, 3.63) is 12.2 Å². The minimum Gasteiger partial charge on any atom is -0.0869 e. The Morgan fingerprint density at radius 1 is 1.71 bits per heavy atom. The zero-order chi connectivity index (χ0) is 5.70. The molecule has 0 aliphatic rings. The van der Waals surface area contributed by atoms with Gasteiger partial charge in [-0.2, -0.15) is 0 Å². The van der Waals surface area contributed by atoms with Gasteiger partial charge in [-0.05, 0) is 4.83 Å². The van der Waals surface area contributed by atoms with Gasteiger partial charge in [-0.1, -0.05) is 28.4 Å². The average molecular weight is 224 g/mol. The van der Waals surface area contributed by atoms with Crippen LogP contribution in [0.25, 0.3) is 0 Å². The van der Waals surface area contributed by atoms with Crippen LogP contribution in [-0.4, -0.2) is 5.33 Å². The predicted octanol–water partition coefficient (Wildman–Crippen LogP) is 2.29. The molecule has 0 amide bonds. The van der Waals surface area contributed by atoms with Crippen LogP contribution in [0.2, 0.25) is 0 Å². The summed E-state index contributed by atoms with van der Waals surface area (Å²) in [5.74, 6) is 2.72. The largest absolute Gasteiger partial charge is 0.0869 e. The molecule has 0 unspecified atom stereocenters. The number of hydrogen-bond donors (Lipinski definition) is 0. The number of rotatable bonds is 1. The van der Waals surface area contributed by atoms with E-state index < -0.39 is 0 Å². The lowest BCUT2D eigenvalue weighted by Gasteiger charge is -1.79. The van der Waals surface area contributed by atoms with E-state index in [1.807, 2.05) is 0 Å². The maximum Gasteiger partial charge on any atom is 0.0357 e. The number of hydrogen-bond acceptors (Lipinski definition) is 0. The molecule has 0 rings (SSSR count). The summed E-state index contributed by atoms with van der Waals surface area (Å²) in [5, 5.41) is 0.756. The highest BCUT2D eigenvalue weighted by Crippen LogP contribution is 1.92. The van der Waals surface area contributed by atoms with Gasteiger partial charge in [0, 0.05) is 26.8 Å². The molecule has 7 heavy (non-hydrogen) atoms. The molecule has 0 heterocycles. The van der Waals surface area contributed by atoms with Crippen LogP contribution in [0.15, 0.2) is 12.2 Å². The molecule has 0 aromatic carbocycles. The quantitative estimate of drug-likeness (QED) is 0.473. The number of alkyl halides is 1. The molecule has 0 bridgehead atoms. The fourth-order valence-corrected chi connectivity index (χ4v) is 0.521. The van der Waals surface area contributed by atoms with E-state index in [9.17, 15) is 0 Å². The lowest BCUT2D eigenvalue weighted by Crippen LogP contribution is -1.70. The van der Waals surface area contributed by atoms with E-state index in [2.05, 4.69) is 49.2 Å². The fourth-order valence-electron chi connectivity index (χ4n) is 0.100. The first-order valence-electron chi connectivity index (χ1n) is 1.66. The SMILES string of the molecule is C=C(C#CBr)CBr. The summed E-state index contributed by atoms with van der Waals surface area (Å²) < 4.78 is 0. The van der Waals surface area contributed by atoms with E-state index in [0.717, 1.165) is 10.9 Å². The van der Waals surface area contributed by atoms with Crippen molar-refractivity contribution in [1.29, 1.82) is 0 Å². The Bertz CT molecular complexity index is 116. The normalized spacial score (nSPS) is 6.57. The van der Waals surface area contributed by atoms with Crippen LogP contribution < -0.4 is 0 Å². The second-order valence-corrected chi connectivity index (χ2v) is 1.91. The Hall–Kier alpha value is 0.260. The second kappa shape index (κ2) is 4.42. The van der Waals surface area contributed by atoms with Crippen molar-refractivity contribution in [3.8, 4) is 10.8 Å². The third-order valence-electron chi connectivity index (χ3n) is 0.385. The number of halogens is 2. The minimum atomic E-state index is 0.756. The predicted molar refractivity (Wildman–Crippen MR) is 39.6 cm³/mol. The van der Waals surface area contributed by atoms with E-state index in [4.69, 9.17) is 0 Å².